The van der Waals surface area contributed by atoms with Gasteiger partial charge in [-0.15, -0.1) is 0 Å². The van der Waals surface area contributed by atoms with E-state index in [1.54, 1.807) is 4.90 Å². The van der Waals surface area contributed by atoms with Crippen molar-refractivity contribution in [2.45, 2.75) is 78.0 Å². The van der Waals surface area contributed by atoms with Crippen LogP contribution in [0.2, 0.25) is 0 Å². The second kappa shape index (κ2) is 14.2. The summed E-state index contributed by atoms with van der Waals surface area (Å²) in [5.41, 5.74) is 6.59. The summed E-state index contributed by atoms with van der Waals surface area (Å²) < 4.78 is 2.22. The summed E-state index contributed by atoms with van der Waals surface area (Å²) in [5, 5.41) is 0. The van der Waals surface area contributed by atoms with Crippen LogP contribution in [0.15, 0.2) is 97.2 Å². The van der Waals surface area contributed by atoms with Gasteiger partial charge in [-0.2, -0.15) is 0 Å². The summed E-state index contributed by atoms with van der Waals surface area (Å²) in [4.78, 5) is 31.4. The second-order valence-corrected chi connectivity index (χ2v) is 11.6. The van der Waals surface area contributed by atoms with E-state index in [1.807, 2.05) is 41.3 Å². The molecule has 0 saturated heterocycles. The molecule has 1 aliphatic carbocycles. The fraction of sp³-hybridized carbons (Fsp3) is 0.351. The average molecular weight is 562 g/mol. The highest BCUT2D eigenvalue weighted by molar-refractivity contribution is 5.97. The summed E-state index contributed by atoms with van der Waals surface area (Å²) in [6, 6.07) is 30.8. The molecule has 1 fully saturated rings. The fourth-order valence-corrected chi connectivity index (χ4v) is 5.51. The molecule has 42 heavy (non-hydrogen) atoms. The van der Waals surface area contributed by atoms with Crippen LogP contribution < -0.4 is 0 Å². The Labute approximate surface area is 250 Å². The Morgan fingerprint density at radius 1 is 0.810 bits per heavy atom. The number of amides is 2. The maximum absolute atomic E-state index is 14.0. The molecule has 5 heteroatoms. The molecule has 1 aromatic heterocycles. The Bertz CT molecular complexity index is 1450. The van der Waals surface area contributed by atoms with Gasteiger partial charge < -0.3 is 14.4 Å². The Balaban J connectivity index is 1.32. The maximum atomic E-state index is 14.0. The number of benzene rings is 3. The van der Waals surface area contributed by atoms with E-state index >= 15 is 0 Å². The van der Waals surface area contributed by atoms with Crippen molar-refractivity contribution in [1.29, 1.82) is 0 Å². The van der Waals surface area contributed by atoms with Crippen LogP contribution in [0.5, 0.6) is 0 Å². The highest BCUT2D eigenvalue weighted by Gasteiger charge is 2.35. The Morgan fingerprint density at radius 2 is 1.55 bits per heavy atom. The standard InChI is InChI=1S/C37H43N3O2/c1-3-4-6-13-30-18-20-32(21-19-30)37(42)40(34-22-23-34)28-36(41)39(25-31-14-7-5-8-15-31)27-35-17-11-24-38(35)26-33-16-10-9-12-29(33)2/h5,7-12,14-21,24,34H,3-4,6,13,22-23,25-28H2,1-2H3. The van der Waals surface area contributed by atoms with Crippen LogP contribution in [0.25, 0.3) is 0 Å². The van der Waals surface area contributed by atoms with Crippen LogP contribution >= 0.6 is 0 Å². The van der Waals surface area contributed by atoms with Crippen molar-refractivity contribution in [2.24, 2.45) is 0 Å². The molecule has 1 heterocycles. The van der Waals surface area contributed by atoms with Gasteiger partial charge >= 0.3 is 0 Å². The minimum Gasteiger partial charge on any atom is -0.345 e. The molecular weight excluding hydrogens is 518 g/mol. The van der Waals surface area contributed by atoms with Gasteiger partial charge in [-0.1, -0.05) is 86.5 Å². The van der Waals surface area contributed by atoms with Crippen molar-refractivity contribution in [3.05, 3.63) is 131 Å². The van der Waals surface area contributed by atoms with E-state index < -0.39 is 0 Å². The molecule has 3 aromatic carbocycles. The zero-order valence-electron chi connectivity index (χ0n) is 25.0. The van der Waals surface area contributed by atoms with Crippen molar-refractivity contribution in [2.75, 3.05) is 6.54 Å². The summed E-state index contributed by atoms with van der Waals surface area (Å²) in [7, 11) is 0. The molecule has 0 aliphatic heterocycles. The van der Waals surface area contributed by atoms with E-state index in [0.29, 0.717) is 18.7 Å². The van der Waals surface area contributed by atoms with E-state index in [9.17, 15) is 9.59 Å². The van der Waals surface area contributed by atoms with Crippen molar-refractivity contribution in [3.63, 3.8) is 0 Å². The molecule has 1 aliphatic rings. The predicted octanol–water partition coefficient (Wildman–Crippen LogP) is 7.41. The Morgan fingerprint density at radius 3 is 2.26 bits per heavy atom. The highest BCUT2D eigenvalue weighted by atomic mass is 16.2. The normalized spacial score (nSPS) is 12.7. The Hall–Kier alpha value is -4.12. The van der Waals surface area contributed by atoms with Crippen LogP contribution in [-0.4, -0.2) is 38.8 Å². The number of unbranched alkanes of at least 4 members (excludes halogenated alkanes) is 2. The minimum atomic E-state index is -0.0476. The number of hydrogen-bond acceptors (Lipinski definition) is 2. The van der Waals surface area contributed by atoms with E-state index in [-0.39, 0.29) is 24.4 Å². The molecule has 0 atom stereocenters. The molecule has 0 radical (unpaired) electrons. The first-order valence-corrected chi connectivity index (χ1v) is 15.4. The molecule has 0 N–H and O–H groups in total. The first kappa shape index (κ1) is 29.4. The van der Waals surface area contributed by atoms with Gasteiger partial charge in [0.15, 0.2) is 0 Å². The number of carbonyl (C=O) groups is 2. The number of rotatable bonds is 14. The van der Waals surface area contributed by atoms with Crippen molar-refractivity contribution >= 4 is 11.8 Å². The van der Waals surface area contributed by atoms with Crippen LogP contribution in [0.4, 0.5) is 0 Å². The lowest BCUT2D eigenvalue weighted by Gasteiger charge is -2.28. The lowest BCUT2D eigenvalue weighted by atomic mass is 10.0. The molecule has 4 aromatic rings. The number of aromatic nitrogens is 1. The summed E-state index contributed by atoms with van der Waals surface area (Å²) >= 11 is 0. The zero-order chi connectivity index (χ0) is 29.3. The largest absolute Gasteiger partial charge is 0.345 e. The van der Waals surface area contributed by atoms with Crippen molar-refractivity contribution in [1.82, 2.24) is 14.4 Å². The van der Waals surface area contributed by atoms with Gasteiger partial charge in [0.25, 0.3) is 5.91 Å². The summed E-state index contributed by atoms with van der Waals surface area (Å²) in [6.45, 7) is 6.16. The molecular formula is C37H43N3O2. The SMILES string of the molecule is CCCCCc1ccc(C(=O)N(CC(=O)N(Cc2ccccc2)Cc2cccn2Cc2ccccc2C)C2CC2)cc1. The third-order valence-electron chi connectivity index (χ3n) is 8.27. The monoisotopic (exact) mass is 561 g/mol. The van der Waals surface area contributed by atoms with Gasteiger partial charge in [-0.05, 0) is 79.1 Å². The van der Waals surface area contributed by atoms with Gasteiger partial charge in [-0.3, -0.25) is 9.59 Å². The van der Waals surface area contributed by atoms with Crippen molar-refractivity contribution in [3.8, 4) is 0 Å². The maximum Gasteiger partial charge on any atom is 0.254 e. The molecule has 5 nitrogen and oxygen atoms in total. The van der Waals surface area contributed by atoms with Crippen LogP contribution in [0, 0.1) is 6.92 Å². The quantitative estimate of drug-likeness (QED) is 0.151. The number of aryl methyl sites for hydroxylation is 2. The topological polar surface area (TPSA) is 45.6 Å². The predicted molar refractivity (Wildman–Crippen MR) is 169 cm³/mol. The second-order valence-electron chi connectivity index (χ2n) is 11.6. The van der Waals surface area contributed by atoms with Gasteiger partial charge in [0, 0.05) is 36.6 Å². The number of carbonyl (C=O) groups excluding carboxylic acids is 2. The summed E-state index contributed by atoms with van der Waals surface area (Å²) in [5.74, 6) is -0.0764. The van der Waals surface area contributed by atoms with E-state index in [1.165, 1.54) is 29.5 Å². The first-order valence-electron chi connectivity index (χ1n) is 15.4. The van der Waals surface area contributed by atoms with Gasteiger partial charge in [0.1, 0.15) is 6.54 Å². The van der Waals surface area contributed by atoms with Crippen LogP contribution in [-0.2, 0) is 30.8 Å². The van der Waals surface area contributed by atoms with Crippen molar-refractivity contribution < 1.29 is 9.59 Å². The number of nitrogens with zero attached hydrogens (tertiary/aromatic N) is 3. The van der Waals surface area contributed by atoms with E-state index in [0.717, 1.165) is 43.5 Å². The smallest absolute Gasteiger partial charge is 0.254 e. The first-order chi connectivity index (χ1) is 20.5. The lowest BCUT2D eigenvalue weighted by molar-refractivity contribution is -0.133. The summed E-state index contributed by atoms with van der Waals surface area (Å²) in [6.07, 6.45) is 8.59. The lowest BCUT2D eigenvalue weighted by Crippen LogP contribution is -2.43. The van der Waals surface area contributed by atoms with Gasteiger partial charge in [-0.25, -0.2) is 0 Å². The third kappa shape index (κ3) is 7.79. The van der Waals surface area contributed by atoms with E-state index in [2.05, 4.69) is 79.2 Å². The molecule has 0 unspecified atom stereocenters. The van der Waals surface area contributed by atoms with Crippen LogP contribution in [0.1, 0.15) is 77.3 Å². The minimum absolute atomic E-state index is 0.0288. The highest BCUT2D eigenvalue weighted by Crippen LogP contribution is 2.29. The Kier molecular flexibility index (Phi) is 9.91. The molecule has 0 bridgehead atoms. The molecule has 218 valence electrons. The average Bonchev–Trinajstić information content (AvgIpc) is 3.77. The number of hydrogen-bond donors (Lipinski definition) is 0. The molecule has 1 saturated carbocycles. The van der Waals surface area contributed by atoms with E-state index in [4.69, 9.17) is 0 Å². The molecule has 5 rings (SSSR count). The fourth-order valence-electron chi connectivity index (χ4n) is 5.51. The zero-order valence-corrected chi connectivity index (χ0v) is 25.0. The molecule has 2 amide bonds. The molecule has 0 spiro atoms. The van der Waals surface area contributed by atoms with Gasteiger partial charge in [0.2, 0.25) is 5.91 Å². The van der Waals surface area contributed by atoms with Crippen LogP contribution in [0.3, 0.4) is 0 Å². The van der Waals surface area contributed by atoms with Gasteiger partial charge in [0.05, 0.1) is 6.54 Å². The third-order valence-corrected chi connectivity index (χ3v) is 8.27.